The fourth-order valence-corrected chi connectivity index (χ4v) is 5.12. The predicted octanol–water partition coefficient (Wildman–Crippen LogP) is 7.59. The quantitative estimate of drug-likeness (QED) is 0.145. The van der Waals surface area contributed by atoms with Gasteiger partial charge in [-0.15, -0.1) is 0 Å². The third-order valence-corrected chi connectivity index (χ3v) is 7.62. The van der Waals surface area contributed by atoms with Crippen molar-refractivity contribution in [1.82, 2.24) is 5.32 Å². The molecule has 1 aliphatic heterocycles. The molecule has 11 heteroatoms. The van der Waals surface area contributed by atoms with Gasteiger partial charge in [0.05, 0.1) is 17.3 Å². The van der Waals surface area contributed by atoms with E-state index in [-0.39, 0.29) is 17.9 Å². The van der Waals surface area contributed by atoms with E-state index in [1.165, 1.54) is 13.2 Å². The second-order valence-corrected chi connectivity index (χ2v) is 11.0. The highest BCUT2D eigenvalue weighted by molar-refractivity contribution is 9.10. The Balaban J connectivity index is 1.34. The maximum atomic E-state index is 13.4. The van der Waals surface area contributed by atoms with Gasteiger partial charge in [-0.1, -0.05) is 53.5 Å². The first-order valence-corrected chi connectivity index (χ1v) is 14.4. The topological polar surface area (TPSA) is 94.2 Å². The molecular weight excluding hydrogens is 659 g/mol. The number of rotatable bonds is 9. The van der Waals surface area contributed by atoms with E-state index < -0.39 is 17.8 Å². The van der Waals surface area contributed by atoms with Gasteiger partial charge in [-0.2, -0.15) is 0 Å². The molecule has 1 fully saturated rings. The minimum Gasteiger partial charge on any atom is -0.493 e. The SMILES string of the molecule is COc1cc(/C=C2\C(=O)NC(=O)N(c3ccc(OCc4ccc(Cl)cc4)cc3)C2=O)cc(Br)c1OCc1ccccc1Cl. The Morgan fingerprint density at radius 3 is 2.30 bits per heavy atom. The van der Waals surface area contributed by atoms with Crippen molar-refractivity contribution in [1.29, 1.82) is 0 Å². The summed E-state index contributed by atoms with van der Waals surface area (Å²) in [6.45, 7) is 0.502. The van der Waals surface area contributed by atoms with Crippen LogP contribution in [0.2, 0.25) is 10.0 Å². The van der Waals surface area contributed by atoms with Crippen LogP contribution in [0.5, 0.6) is 17.2 Å². The lowest BCUT2D eigenvalue weighted by atomic mass is 10.1. The number of carbonyl (C=O) groups is 3. The van der Waals surface area contributed by atoms with Crippen molar-refractivity contribution in [3.8, 4) is 17.2 Å². The van der Waals surface area contributed by atoms with Crippen molar-refractivity contribution in [3.63, 3.8) is 0 Å². The molecule has 0 unspecified atom stereocenters. The molecule has 8 nitrogen and oxygen atoms in total. The van der Waals surface area contributed by atoms with Gasteiger partial charge in [-0.05, 0) is 87.7 Å². The molecule has 43 heavy (non-hydrogen) atoms. The first-order chi connectivity index (χ1) is 20.7. The molecule has 5 rings (SSSR count). The van der Waals surface area contributed by atoms with Crippen molar-refractivity contribution in [3.05, 3.63) is 122 Å². The molecule has 0 aliphatic carbocycles. The van der Waals surface area contributed by atoms with Gasteiger partial charge in [0, 0.05) is 15.6 Å². The summed E-state index contributed by atoms with van der Waals surface area (Å²) in [4.78, 5) is 39.8. The van der Waals surface area contributed by atoms with E-state index in [9.17, 15) is 14.4 Å². The van der Waals surface area contributed by atoms with E-state index in [1.807, 2.05) is 30.3 Å². The van der Waals surface area contributed by atoms with Gasteiger partial charge in [0.1, 0.15) is 24.5 Å². The first kappa shape index (κ1) is 30.2. The van der Waals surface area contributed by atoms with Crippen molar-refractivity contribution in [2.24, 2.45) is 0 Å². The van der Waals surface area contributed by atoms with Gasteiger partial charge >= 0.3 is 6.03 Å². The number of anilines is 1. The Morgan fingerprint density at radius 1 is 0.884 bits per heavy atom. The van der Waals surface area contributed by atoms with E-state index in [2.05, 4.69) is 21.2 Å². The molecule has 0 atom stereocenters. The number of nitrogens with one attached hydrogen (secondary N) is 1. The molecule has 0 spiro atoms. The van der Waals surface area contributed by atoms with Gasteiger partial charge < -0.3 is 14.2 Å². The average molecular weight is 682 g/mol. The van der Waals surface area contributed by atoms with E-state index in [0.29, 0.717) is 43.9 Å². The molecular formula is C32H23BrCl2N2O6. The van der Waals surface area contributed by atoms with Crippen LogP contribution in [0.25, 0.3) is 6.08 Å². The number of amides is 4. The number of benzene rings is 4. The van der Waals surface area contributed by atoms with Crippen LogP contribution in [0.3, 0.4) is 0 Å². The van der Waals surface area contributed by atoms with Gasteiger partial charge in [-0.3, -0.25) is 14.9 Å². The summed E-state index contributed by atoms with van der Waals surface area (Å²) in [5.41, 5.74) is 2.21. The van der Waals surface area contributed by atoms with Crippen LogP contribution in [0.1, 0.15) is 16.7 Å². The molecule has 0 saturated carbocycles. The van der Waals surface area contributed by atoms with Crippen molar-refractivity contribution in [2.45, 2.75) is 13.2 Å². The number of carbonyl (C=O) groups excluding carboxylic acids is 3. The zero-order chi connectivity index (χ0) is 30.5. The molecule has 0 radical (unpaired) electrons. The third kappa shape index (κ3) is 7.02. The summed E-state index contributed by atoms with van der Waals surface area (Å²) in [5.74, 6) is -0.288. The van der Waals surface area contributed by atoms with Gasteiger partial charge in [0.15, 0.2) is 11.5 Å². The Hall–Kier alpha value is -4.31. The largest absolute Gasteiger partial charge is 0.493 e. The lowest BCUT2D eigenvalue weighted by molar-refractivity contribution is -0.122. The summed E-state index contributed by atoms with van der Waals surface area (Å²) in [6, 6.07) is 23.4. The van der Waals surface area contributed by atoms with Crippen LogP contribution < -0.4 is 24.4 Å². The molecule has 4 aromatic rings. The van der Waals surface area contributed by atoms with Gasteiger partial charge in [-0.25, -0.2) is 9.69 Å². The number of ether oxygens (including phenoxy) is 3. The normalized spacial score (nSPS) is 14.1. The highest BCUT2D eigenvalue weighted by Crippen LogP contribution is 2.38. The monoisotopic (exact) mass is 680 g/mol. The van der Waals surface area contributed by atoms with Crippen LogP contribution in [0.4, 0.5) is 10.5 Å². The predicted molar refractivity (Wildman–Crippen MR) is 168 cm³/mol. The Kier molecular flexibility index (Phi) is 9.35. The Morgan fingerprint density at radius 2 is 1.60 bits per heavy atom. The number of hydrogen-bond donors (Lipinski definition) is 1. The second-order valence-electron chi connectivity index (χ2n) is 9.28. The Bertz CT molecular complexity index is 1730. The Labute approximate surface area is 265 Å². The minimum atomic E-state index is -0.857. The van der Waals surface area contributed by atoms with Crippen molar-refractivity contribution >= 4 is 68.7 Å². The number of methoxy groups -OCH3 is 1. The summed E-state index contributed by atoms with van der Waals surface area (Å²) >= 11 is 15.7. The molecule has 1 heterocycles. The summed E-state index contributed by atoms with van der Waals surface area (Å²) < 4.78 is 17.8. The number of halogens is 3. The van der Waals surface area contributed by atoms with Crippen molar-refractivity contribution < 1.29 is 28.6 Å². The number of urea groups is 1. The van der Waals surface area contributed by atoms with E-state index in [4.69, 9.17) is 37.4 Å². The van der Waals surface area contributed by atoms with Crippen LogP contribution >= 0.6 is 39.1 Å². The molecule has 1 saturated heterocycles. The fourth-order valence-electron chi connectivity index (χ4n) is 4.23. The van der Waals surface area contributed by atoms with E-state index in [0.717, 1.165) is 16.0 Å². The smallest absolute Gasteiger partial charge is 0.335 e. The second kappa shape index (κ2) is 13.3. The molecule has 0 aromatic heterocycles. The number of barbiturate groups is 1. The number of imide groups is 2. The highest BCUT2D eigenvalue weighted by atomic mass is 79.9. The zero-order valence-corrected chi connectivity index (χ0v) is 25.7. The van der Waals surface area contributed by atoms with Crippen LogP contribution in [-0.4, -0.2) is 25.0 Å². The number of nitrogens with zero attached hydrogens (tertiary/aromatic N) is 1. The summed E-state index contributed by atoms with van der Waals surface area (Å²) in [5, 5.41) is 3.43. The summed E-state index contributed by atoms with van der Waals surface area (Å²) in [7, 11) is 1.47. The third-order valence-electron chi connectivity index (χ3n) is 6.41. The van der Waals surface area contributed by atoms with Crippen LogP contribution in [0.15, 0.2) is 95.0 Å². The maximum absolute atomic E-state index is 13.4. The lowest BCUT2D eigenvalue weighted by Crippen LogP contribution is -2.54. The number of hydrogen-bond acceptors (Lipinski definition) is 6. The van der Waals surface area contributed by atoms with Crippen LogP contribution in [-0.2, 0) is 22.8 Å². The first-order valence-electron chi connectivity index (χ1n) is 12.9. The zero-order valence-electron chi connectivity index (χ0n) is 22.6. The highest BCUT2D eigenvalue weighted by Gasteiger charge is 2.37. The molecule has 0 bridgehead atoms. The standard InChI is InChI=1S/C32H23BrCl2N2O6/c1-41-28-16-20(15-26(33)29(28)43-18-21-4-2-3-5-27(21)35)14-25-30(38)36-32(40)37(31(25)39)23-10-12-24(13-11-23)42-17-19-6-8-22(34)9-7-19/h2-16H,17-18H2,1H3,(H,36,38,40)/b25-14+. The van der Waals surface area contributed by atoms with Gasteiger partial charge in [0.2, 0.25) is 0 Å². The fraction of sp³-hybridized carbons (Fsp3) is 0.0938. The van der Waals surface area contributed by atoms with Crippen LogP contribution in [0, 0.1) is 0 Å². The molecule has 1 aliphatic rings. The maximum Gasteiger partial charge on any atom is 0.335 e. The molecule has 1 N–H and O–H groups in total. The van der Waals surface area contributed by atoms with E-state index >= 15 is 0 Å². The lowest BCUT2D eigenvalue weighted by Gasteiger charge is -2.26. The van der Waals surface area contributed by atoms with Gasteiger partial charge in [0.25, 0.3) is 11.8 Å². The molecule has 218 valence electrons. The van der Waals surface area contributed by atoms with E-state index in [1.54, 1.807) is 54.6 Å². The average Bonchev–Trinajstić information content (AvgIpc) is 2.99. The molecule has 4 aromatic carbocycles. The van der Waals surface area contributed by atoms with Crippen molar-refractivity contribution in [2.75, 3.05) is 12.0 Å². The molecule has 4 amide bonds. The summed E-state index contributed by atoms with van der Waals surface area (Å²) in [6.07, 6.45) is 1.38. The minimum absolute atomic E-state index is 0.192.